The fourth-order valence-corrected chi connectivity index (χ4v) is 4.04. The third kappa shape index (κ3) is 5.30. The molecule has 0 saturated heterocycles. The molecule has 8 heteroatoms. The van der Waals surface area contributed by atoms with Gasteiger partial charge in [0, 0.05) is 18.3 Å². The van der Waals surface area contributed by atoms with Gasteiger partial charge in [-0.15, -0.1) is 0 Å². The lowest BCUT2D eigenvalue weighted by Crippen LogP contribution is -2.40. The highest BCUT2D eigenvalue weighted by Gasteiger charge is 2.23. The van der Waals surface area contributed by atoms with Gasteiger partial charge < -0.3 is 10.1 Å². The van der Waals surface area contributed by atoms with Gasteiger partial charge in [-0.25, -0.2) is 9.98 Å². The Morgan fingerprint density at radius 2 is 2.15 bits per heavy atom. The highest BCUT2D eigenvalue weighted by atomic mass is 35.5. The quantitative estimate of drug-likeness (QED) is 0.644. The van der Waals surface area contributed by atoms with E-state index in [1.807, 2.05) is 25.3 Å². The smallest absolute Gasteiger partial charge is 0.164 e. The molecule has 1 aromatic heterocycles. The van der Waals surface area contributed by atoms with E-state index in [1.54, 1.807) is 6.34 Å². The number of hydrogen-bond donors (Lipinski definition) is 2. The molecule has 33 heavy (non-hydrogen) atoms. The monoisotopic (exact) mass is 460 g/mol. The van der Waals surface area contributed by atoms with Gasteiger partial charge in [-0.05, 0) is 56.5 Å². The van der Waals surface area contributed by atoms with E-state index in [0.717, 1.165) is 42.8 Å². The Labute approximate surface area is 198 Å². The number of hydrogen-bond acceptors (Lipinski definition) is 7. The minimum Gasteiger partial charge on any atom is -0.454 e. The van der Waals surface area contributed by atoms with Gasteiger partial charge in [0.25, 0.3) is 0 Å². The van der Waals surface area contributed by atoms with Crippen LogP contribution >= 0.6 is 11.6 Å². The fourth-order valence-electron chi connectivity index (χ4n) is 3.85. The van der Waals surface area contributed by atoms with Gasteiger partial charge >= 0.3 is 0 Å². The van der Waals surface area contributed by atoms with Crippen LogP contribution in [0.25, 0.3) is 0 Å². The van der Waals surface area contributed by atoms with Crippen molar-refractivity contribution in [3.63, 3.8) is 0 Å². The van der Waals surface area contributed by atoms with Gasteiger partial charge in [-0.1, -0.05) is 35.4 Å². The van der Waals surface area contributed by atoms with E-state index in [1.165, 1.54) is 23.5 Å². The van der Waals surface area contributed by atoms with Crippen LogP contribution in [0.2, 0.25) is 5.02 Å². The Bertz CT molecular complexity index is 1210. The number of nitrogens with one attached hydrogen (secondary N) is 2. The summed E-state index contributed by atoms with van der Waals surface area (Å²) in [5.41, 5.74) is 4.85. The van der Waals surface area contributed by atoms with Gasteiger partial charge in [-0.2, -0.15) is 5.26 Å². The molecule has 2 aliphatic rings. The van der Waals surface area contributed by atoms with Crippen molar-refractivity contribution in [1.82, 2.24) is 15.6 Å². The maximum absolute atomic E-state index is 9.34. The topological polar surface area (TPSA) is 94.7 Å². The van der Waals surface area contributed by atoms with E-state index < -0.39 is 0 Å². The van der Waals surface area contributed by atoms with E-state index in [4.69, 9.17) is 16.3 Å². The van der Waals surface area contributed by atoms with Crippen molar-refractivity contribution in [3.8, 4) is 17.6 Å². The summed E-state index contributed by atoms with van der Waals surface area (Å²) >= 11 is 6.05. The third-order valence-electron chi connectivity index (χ3n) is 5.60. The minimum atomic E-state index is -0.111. The fraction of sp³-hybridized carbons (Fsp3) is 0.280. The molecular formula is C25H25ClN6O. The molecule has 1 unspecified atom stereocenters. The SMILES string of the molecule is CC1=C2C(=NC=NC2NCCc2ccc(Oc3cncc(Cl)c3C#N)c(C)c2)NC=CCC1. The predicted octanol–water partition coefficient (Wildman–Crippen LogP) is 4.82. The first-order valence-electron chi connectivity index (χ1n) is 10.8. The van der Waals surface area contributed by atoms with E-state index in [0.29, 0.717) is 11.5 Å². The number of nitriles is 1. The summed E-state index contributed by atoms with van der Waals surface area (Å²) in [7, 11) is 0. The van der Waals surface area contributed by atoms with E-state index in [9.17, 15) is 5.26 Å². The summed E-state index contributed by atoms with van der Waals surface area (Å²) in [6.45, 7) is 4.89. The first-order chi connectivity index (χ1) is 16.1. The molecule has 0 fully saturated rings. The van der Waals surface area contributed by atoms with Gasteiger partial charge in [0.15, 0.2) is 5.75 Å². The van der Waals surface area contributed by atoms with Gasteiger partial charge in [0.1, 0.15) is 35.7 Å². The maximum atomic E-state index is 9.34. The van der Waals surface area contributed by atoms with E-state index in [2.05, 4.69) is 50.7 Å². The zero-order valence-corrected chi connectivity index (χ0v) is 19.4. The summed E-state index contributed by atoms with van der Waals surface area (Å²) in [5, 5.41) is 16.4. The molecule has 7 nitrogen and oxygen atoms in total. The maximum Gasteiger partial charge on any atom is 0.164 e. The molecule has 0 aliphatic carbocycles. The zero-order chi connectivity index (χ0) is 23.2. The van der Waals surface area contributed by atoms with Crippen molar-refractivity contribution >= 4 is 23.8 Å². The average Bonchev–Trinajstić information content (AvgIpc) is 2.79. The van der Waals surface area contributed by atoms with Crippen molar-refractivity contribution in [2.24, 2.45) is 9.98 Å². The van der Waals surface area contributed by atoms with Crippen molar-refractivity contribution in [2.45, 2.75) is 39.3 Å². The lowest BCUT2D eigenvalue weighted by atomic mass is 9.99. The number of ether oxygens (including phenoxy) is 1. The molecular weight excluding hydrogens is 436 g/mol. The van der Waals surface area contributed by atoms with E-state index >= 15 is 0 Å². The van der Waals surface area contributed by atoms with Crippen LogP contribution in [0.4, 0.5) is 0 Å². The number of amidine groups is 1. The molecule has 2 N–H and O–H groups in total. The summed E-state index contributed by atoms with van der Waals surface area (Å²) < 4.78 is 5.92. The largest absolute Gasteiger partial charge is 0.454 e. The first-order valence-corrected chi connectivity index (χ1v) is 11.2. The summed E-state index contributed by atoms with van der Waals surface area (Å²) in [6.07, 6.45) is 11.3. The van der Waals surface area contributed by atoms with E-state index in [-0.39, 0.29) is 16.8 Å². The van der Waals surface area contributed by atoms with Gasteiger partial charge in [0.2, 0.25) is 0 Å². The number of pyridine rings is 1. The van der Waals surface area contributed by atoms with Crippen molar-refractivity contribution in [1.29, 1.82) is 5.26 Å². The number of rotatable bonds is 6. The second kappa shape index (κ2) is 10.4. The predicted molar refractivity (Wildman–Crippen MR) is 131 cm³/mol. The number of halogens is 1. The Kier molecular flexibility index (Phi) is 7.18. The van der Waals surface area contributed by atoms with Crippen molar-refractivity contribution in [3.05, 3.63) is 75.7 Å². The van der Waals surface area contributed by atoms with Crippen LogP contribution in [0.1, 0.15) is 36.5 Å². The molecule has 4 rings (SSSR count). The third-order valence-corrected chi connectivity index (χ3v) is 5.89. The Morgan fingerprint density at radius 1 is 1.27 bits per heavy atom. The van der Waals surface area contributed by atoms with Crippen LogP contribution in [0, 0.1) is 18.3 Å². The second-order valence-corrected chi connectivity index (χ2v) is 8.34. The average molecular weight is 461 g/mol. The first kappa shape index (κ1) is 22.7. The highest BCUT2D eigenvalue weighted by Crippen LogP contribution is 2.31. The molecule has 1 atom stereocenters. The summed E-state index contributed by atoms with van der Waals surface area (Å²) in [4.78, 5) is 13.0. The minimum absolute atomic E-state index is 0.111. The molecule has 3 heterocycles. The van der Waals surface area contributed by atoms with Crippen LogP contribution in [-0.2, 0) is 6.42 Å². The van der Waals surface area contributed by atoms with Crippen LogP contribution < -0.4 is 15.4 Å². The number of allylic oxidation sites excluding steroid dienone is 2. The summed E-state index contributed by atoms with van der Waals surface area (Å²) in [5.74, 6) is 1.88. The number of aryl methyl sites for hydroxylation is 1. The molecule has 0 saturated carbocycles. The highest BCUT2D eigenvalue weighted by molar-refractivity contribution is 6.31. The Hall–Kier alpha value is -3.47. The van der Waals surface area contributed by atoms with Crippen LogP contribution in [0.5, 0.6) is 11.5 Å². The number of fused-ring (bicyclic) bond motifs is 1. The number of aliphatic imine (C=N–C) groups is 2. The lowest BCUT2D eigenvalue weighted by Gasteiger charge is -2.25. The molecule has 0 spiro atoms. The van der Waals surface area contributed by atoms with Crippen LogP contribution in [-0.4, -0.2) is 29.9 Å². The van der Waals surface area contributed by atoms with Crippen LogP contribution in [0.3, 0.4) is 0 Å². The van der Waals surface area contributed by atoms with Crippen molar-refractivity contribution < 1.29 is 4.74 Å². The Morgan fingerprint density at radius 3 is 2.97 bits per heavy atom. The number of benzene rings is 1. The normalized spacial score (nSPS) is 17.4. The standard InChI is InChI=1S/C25H25ClN6O/c1-16-5-3-4-9-29-24-23(16)25(32-15-31-24)30-10-8-18-6-7-21(17(2)11-18)33-22-14-28-13-20(26)19(22)12-27/h4,6-7,9,11,13-15,25,30H,3,5,8,10H2,1-2H3,(H,29,31,32). The van der Waals surface area contributed by atoms with Gasteiger partial charge in [0.05, 0.1) is 11.2 Å². The molecule has 168 valence electrons. The van der Waals surface area contributed by atoms with Crippen molar-refractivity contribution in [2.75, 3.05) is 6.54 Å². The molecule has 0 bridgehead atoms. The molecule has 2 aliphatic heterocycles. The molecule has 0 radical (unpaired) electrons. The zero-order valence-electron chi connectivity index (χ0n) is 18.6. The number of nitrogens with zero attached hydrogens (tertiary/aromatic N) is 4. The summed E-state index contributed by atoms with van der Waals surface area (Å²) in [6, 6.07) is 8.09. The lowest BCUT2D eigenvalue weighted by molar-refractivity contribution is 0.474. The molecule has 1 aromatic carbocycles. The number of aromatic nitrogens is 1. The molecule has 0 amide bonds. The van der Waals surface area contributed by atoms with Gasteiger partial charge in [-0.3, -0.25) is 10.3 Å². The molecule has 2 aromatic rings. The second-order valence-electron chi connectivity index (χ2n) is 7.94. The van der Waals surface area contributed by atoms with Crippen LogP contribution in [0.15, 0.2) is 64.0 Å². The Balaban J connectivity index is 1.40.